The third-order valence-electron chi connectivity index (χ3n) is 4.63. The zero-order valence-electron chi connectivity index (χ0n) is 16.0. The van der Waals surface area contributed by atoms with E-state index in [2.05, 4.69) is 18.8 Å². The van der Waals surface area contributed by atoms with Gasteiger partial charge in [-0.2, -0.15) is 0 Å². The van der Waals surface area contributed by atoms with Crippen LogP contribution in [0, 0.1) is 35.1 Å². The van der Waals surface area contributed by atoms with Crippen LogP contribution in [0.2, 0.25) is 0 Å². The molecule has 0 spiro atoms. The number of rotatable bonds is 5. The van der Waals surface area contributed by atoms with Crippen LogP contribution in [0.3, 0.4) is 0 Å². The van der Waals surface area contributed by atoms with Crippen LogP contribution in [0.15, 0.2) is 54.6 Å². The third kappa shape index (κ3) is 5.26. The molecule has 0 aliphatic rings. The molecule has 3 rings (SSSR count). The first-order chi connectivity index (χ1) is 14.0. The number of aryl methyl sites for hydroxylation is 1. The van der Waals surface area contributed by atoms with Gasteiger partial charge in [-0.25, -0.2) is 17.6 Å². The molecule has 4 heteroatoms. The number of benzene rings is 3. The third-order valence-corrected chi connectivity index (χ3v) is 4.63. The fourth-order valence-corrected chi connectivity index (χ4v) is 3.03. The Bertz CT molecular complexity index is 1030. The summed E-state index contributed by atoms with van der Waals surface area (Å²) in [4.78, 5) is 0. The maximum absolute atomic E-state index is 14.5. The molecule has 0 amide bonds. The van der Waals surface area contributed by atoms with Gasteiger partial charge in [0.05, 0.1) is 0 Å². The highest BCUT2D eigenvalue weighted by atomic mass is 19.2. The molecule has 0 radical (unpaired) electrons. The van der Waals surface area contributed by atoms with E-state index in [0.29, 0.717) is 16.7 Å². The number of hydrogen-bond acceptors (Lipinski definition) is 0. The number of hydrogen-bond donors (Lipinski definition) is 0. The van der Waals surface area contributed by atoms with Gasteiger partial charge >= 0.3 is 0 Å². The predicted octanol–water partition coefficient (Wildman–Crippen LogP) is 7.04. The molecule has 0 N–H and O–H groups in total. The van der Waals surface area contributed by atoms with Crippen molar-refractivity contribution in [3.8, 4) is 23.0 Å². The molecule has 0 aliphatic carbocycles. The van der Waals surface area contributed by atoms with Crippen LogP contribution < -0.4 is 0 Å². The normalized spacial score (nSPS) is 10.5. The summed E-state index contributed by atoms with van der Waals surface area (Å²) >= 11 is 0. The van der Waals surface area contributed by atoms with Crippen molar-refractivity contribution in [1.29, 1.82) is 0 Å². The van der Waals surface area contributed by atoms with Crippen molar-refractivity contribution >= 4 is 0 Å². The van der Waals surface area contributed by atoms with E-state index in [9.17, 15) is 17.6 Å². The van der Waals surface area contributed by atoms with Gasteiger partial charge in [0.15, 0.2) is 17.5 Å². The summed E-state index contributed by atoms with van der Waals surface area (Å²) in [6.45, 7) is 2.13. The Hall–Kier alpha value is -3.06. The molecule has 0 aliphatic heterocycles. The maximum Gasteiger partial charge on any atom is 0.194 e. The maximum atomic E-state index is 14.5. The number of halogens is 4. The Morgan fingerprint density at radius 3 is 1.97 bits per heavy atom. The highest BCUT2D eigenvalue weighted by molar-refractivity contribution is 5.65. The lowest BCUT2D eigenvalue weighted by Gasteiger charge is -2.07. The summed E-state index contributed by atoms with van der Waals surface area (Å²) in [6, 6.07) is 13.9. The Labute approximate surface area is 168 Å². The average Bonchev–Trinajstić information content (AvgIpc) is 2.71. The van der Waals surface area contributed by atoms with Gasteiger partial charge < -0.3 is 0 Å². The minimum Gasteiger partial charge on any atom is -0.206 e. The standard InChI is InChI=1S/C25H20F4/c1-2-3-4-5-18-10-13-21(22(26)14-18)20-11-8-17(9-12-20)6-7-19-15-23(27)25(29)24(28)16-19/h8-16H,2-5H2,1H3. The van der Waals surface area contributed by atoms with Crippen LogP contribution in [-0.4, -0.2) is 0 Å². The summed E-state index contributed by atoms with van der Waals surface area (Å²) in [7, 11) is 0. The predicted molar refractivity (Wildman–Crippen MR) is 107 cm³/mol. The van der Waals surface area contributed by atoms with Crippen LogP contribution in [0.1, 0.15) is 42.9 Å². The first-order valence-corrected chi connectivity index (χ1v) is 9.53. The quantitative estimate of drug-likeness (QED) is 0.188. The lowest BCUT2D eigenvalue weighted by atomic mass is 9.99. The molecule has 3 aromatic rings. The smallest absolute Gasteiger partial charge is 0.194 e. The minimum atomic E-state index is -1.52. The van der Waals surface area contributed by atoms with Crippen molar-refractivity contribution in [2.45, 2.75) is 32.6 Å². The van der Waals surface area contributed by atoms with Gasteiger partial charge in [-0.15, -0.1) is 0 Å². The van der Waals surface area contributed by atoms with E-state index in [-0.39, 0.29) is 11.4 Å². The molecular formula is C25H20F4. The lowest BCUT2D eigenvalue weighted by Crippen LogP contribution is -1.92. The number of unbranched alkanes of at least 4 members (excludes halogenated alkanes) is 2. The van der Waals surface area contributed by atoms with Crippen LogP contribution in [0.5, 0.6) is 0 Å². The summed E-state index contributed by atoms with van der Waals surface area (Å²) < 4.78 is 54.0. The fourth-order valence-electron chi connectivity index (χ4n) is 3.03. The van der Waals surface area contributed by atoms with Gasteiger partial charge in [-0.05, 0) is 54.3 Å². The van der Waals surface area contributed by atoms with Gasteiger partial charge in [-0.1, -0.05) is 55.9 Å². The first kappa shape index (κ1) is 20.7. The fraction of sp³-hybridized carbons (Fsp3) is 0.200. The molecule has 0 heterocycles. The highest BCUT2D eigenvalue weighted by Gasteiger charge is 2.09. The van der Waals surface area contributed by atoms with E-state index in [0.717, 1.165) is 43.4 Å². The molecule has 0 bridgehead atoms. The van der Waals surface area contributed by atoms with Crippen molar-refractivity contribution in [2.75, 3.05) is 0 Å². The molecule has 29 heavy (non-hydrogen) atoms. The molecule has 0 unspecified atom stereocenters. The molecule has 0 atom stereocenters. The second-order valence-electron chi connectivity index (χ2n) is 6.85. The monoisotopic (exact) mass is 396 g/mol. The van der Waals surface area contributed by atoms with Crippen LogP contribution in [0.25, 0.3) is 11.1 Å². The molecule has 0 aromatic heterocycles. The van der Waals surface area contributed by atoms with Gasteiger partial charge in [-0.3, -0.25) is 0 Å². The average molecular weight is 396 g/mol. The Morgan fingerprint density at radius 1 is 0.690 bits per heavy atom. The minimum absolute atomic E-state index is 0.0372. The molecular weight excluding hydrogens is 376 g/mol. The zero-order chi connectivity index (χ0) is 20.8. The Balaban J connectivity index is 1.76. The Kier molecular flexibility index (Phi) is 6.72. The SMILES string of the molecule is CCCCCc1ccc(-c2ccc(C#Cc3cc(F)c(F)c(F)c3)cc2)c(F)c1. The molecule has 148 valence electrons. The van der Waals surface area contributed by atoms with Gasteiger partial charge in [0.1, 0.15) is 5.82 Å². The molecule has 0 saturated heterocycles. The molecule has 0 nitrogen and oxygen atoms in total. The summed E-state index contributed by atoms with van der Waals surface area (Å²) in [6.07, 6.45) is 4.17. The van der Waals surface area contributed by atoms with Crippen LogP contribution in [0.4, 0.5) is 17.6 Å². The highest BCUT2D eigenvalue weighted by Crippen LogP contribution is 2.25. The van der Waals surface area contributed by atoms with E-state index < -0.39 is 17.5 Å². The van der Waals surface area contributed by atoms with Crippen molar-refractivity contribution in [2.24, 2.45) is 0 Å². The van der Waals surface area contributed by atoms with Gasteiger partial charge in [0.25, 0.3) is 0 Å². The second kappa shape index (κ2) is 9.43. The van der Waals surface area contributed by atoms with Crippen molar-refractivity contribution in [1.82, 2.24) is 0 Å². The zero-order valence-corrected chi connectivity index (χ0v) is 16.0. The summed E-state index contributed by atoms with van der Waals surface area (Å²) in [5.74, 6) is 1.03. The van der Waals surface area contributed by atoms with Gasteiger partial charge in [0, 0.05) is 16.7 Å². The van der Waals surface area contributed by atoms with E-state index in [4.69, 9.17) is 0 Å². The largest absolute Gasteiger partial charge is 0.206 e. The molecule has 3 aromatic carbocycles. The lowest BCUT2D eigenvalue weighted by molar-refractivity contribution is 0.446. The first-order valence-electron chi connectivity index (χ1n) is 9.53. The van der Waals surface area contributed by atoms with Gasteiger partial charge in [0.2, 0.25) is 0 Å². The van der Waals surface area contributed by atoms with E-state index in [1.165, 1.54) is 0 Å². The van der Waals surface area contributed by atoms with E-state index in [1.54, 1.807) is 36.4 Å². The van der Waals surface area contributed by atoms with Crippen molar-refractivity contribution in [3.63, 3.8) is 0 Å². The van der Waals surface area contributed by atoms with E-state index in [1.807, 2.05) is 6.07 Å². The summed E-state index contributed by atoms with van der Waals surface area (Å²) in [5, 5.41) is 0. The summed E-state index contributed by atoms with van der Waals surface area (Å²) in [5.41, 5.74) is 2.84. The molecule has 0 saturated carbocycles. The van der Waals surface area contributed by atoms with Crippen molar-refractivity contribution in [3.05, 3.63) is 94.6 Å². The topological polar surface area (TPSA) is 0 Å². The Morgan fingerprint density at radius 2 is 1.34 bits per heavy atom. The molecule has 0 fully saturated rings. The van der Waals surface area contributed by atoms with Crippen LogP contribution >= 0.6 is 0 Å². The second-order valence-corrected chi connectivity index (χ2v) is 6.85. The van der Waals surface area contributed by atoms with E-state index >= 15 is 0 Å². The van der Waals surface area contributed by atoms with Crippen molar-refractivity contribution < 1.29 is 17.6 Å². The van der Waals surface area contributed by atoms with Crippen LogP contribution in [-0.2, 0) is 6.42 Å².